The molecular formula is C29H32N4O4. The van der Waals surface area contributed by atoms with Gasteiger partial charge in [0.05, 0.1) is 24.0 Å². The zero-order valence-corrected chi connectivity index (χ0v) is 21.2. The van der Waals surface area contributed by atoms with Crippen LogP contribution in [0.25, 0.3) is 0 Å². The fraction of sp³-hybridized carbons (Fsp3) is 0.345. The van der Waals surface area contributed by atoms with Crippen molar-refractivity contribution in [1.82, 2.24) is 5.32 Å². The molecule has 8 heteroatoms. The van der Waals surface area contributed by atoms with E-state index < -0.39 is 0 Å². The Labute approximate surface area is 217 Å². The first-order valence-corrected chi connectivity index (χ1v) is 12.7. The molecule has 0 saturated carbocycles. The number of piperazine rings is 1. The van der Waals surface area contributed by atoms with Gasteiger partial charge in [-0.1, -0.05) is 29.8 Å². The van der Waals surface area contributed by atoms with Gasteiger partial charge in [0.1, 0.15) is 5.75 Å². The summed E-state index contributed by atoms with van der Waals surface area (Å²) in [6.45, 7) is 4.89. The number of fused-ring (bicyclic) bond motifs is 3. The average Bonchev–Trinajstić information content (AvgIpc) is 2.92. The number of benzene rings is 3. The summed E-state index contributed by atoms with van der Waals surface area (Å²) in [5, 5.41) is 14.6. The van der Waals surface area contributed by atoms with Gasteiger partial charge in [-0.3, -0.25) is 14.9 Å². The third kappa shape index (κ3) is 5.23. The van der Waals surface area contributed by atoms with Gasteiger partial charge in [0, 0.05) is 49.7 Å². The predicted octanol–water partition coefficient (Wildman–Crippen LogP) is 4.14. The number of nitro groups is 1. The van der Waals surface area contributed by atoms with Crippen LogP contribution in [0.5, 0.6) is 5.75 Å². The highest BCUT2D eigenvalue weighted by Gasteiger charge is 2.42. The molecule has 2 aliphatic heterocycles. The number of anilines is 2. The quantitative estimate of drug-likeness (QED) is 0.388. The number of rotatable bonds is 7. The summed E-state index contributed by atoms with van der Waals surface area (Å²) in [7, 11) is 1.64. The van der Waals surface area contributed by atoms with E-state index in [4.69, 9.17) is 4.74 Å². The molecule has 1 saturated heterocycles. The number of carbonyl (C=O) groups is 1. The lowest BCUT2D eigenvalue weighted by Gasteiger charge is -2.49. The Bertz CT molecular complexity index is 1280. The van der Waals surface area contributed by atoms with Crippen molar-refractivity contribution in [2.75, 3.05) is 43.1 Å². The van der Waals surface area contributed by atoms with Crippen LogP contribution in [-0.4, -0.2) is 50.2 Å². The Balaban J connectivity index is 1.35. The van der Waals surface area contributed by atoms with Crippen LogP contribution in [-0.2, 0) is 17.6 Å². The fourth-order valence-electron chi connectivity index (χ4n) is 5.47. The first kappa shape index (κ1) is 24.6. The Morgan fingerprint density at radius 1 is 1.08 bits per heavy atom. The number of methoxy groups -OCH3 is 1. The predicted molar refractivity (Wildman–Crippen MR) is 145 cm³/mol. The Morgan fingerprint density at radius 3 is 2.54 bits per heavy atom. The summed E-state index contributed by atoms with van der Waals surface area (Å²) in [5.41, 5.74) is 5.42. The minimum absolute atomic E-state index is 0.00794. The van der Waals surface area contributed by atoms with E-state index in [1.807, 2.05) is 30.3 Å². The van der Waals surface area contributed by atoms with E-state index >= 15 is 0 Å². The van der Waals surface area contributed by atoms with Gasteiger partial charge in [-0.25, -0.2) is 0 Å². The zero-order valence-electron chi connectivity index (χ0n) is 21.2. The number of non-ortho nitro benzene ring substituents is 1. The second-order valence-electron chi connectivity index (χ2n) is 9.81. The van der Waals surface area contributed by atoms with Crippen molar-refractivity contribution in [3.05, 3.63) is 93.5 Å². The number of ether oxygens (including phenoxy) is 1. The van der Waals surface area contributed by atoms with E-state index in [9.17, 15) is 14.9 Å². The Kier molecular flexibility index (Phi) is 6.99. The van der Waals surface area contributed by atoms with Crippen LogP contribution in [0.4, 0.5) is 17.1 Å². The molecule has 1 N–H and O–H groups in total. The molecule has 3 aromatic rings. The number of carbonyl (C=O) groups excluding carboxylic acids is 1. The highest BCUT2D eigenvalue weighted by molar-refractivity contribution is 5.82. The molecule has 0 bridgehead atoms. The van der Waals surface area contributed by atoms with Gasteiger partial charge >= 0.3 is 0 Å². The number of aryl methyl sites for hydroxylation is 1. The molecule has 192 valence electrons. The largest absolute Gasteiger partial charge is 0.497 e. The lowest BCUT2D eigenvalue weighted by molar-refractivity contribution is -0.384. The van der Waals surface area contributed by atoms with Crippen molar-refractivity contribution in [3.63, 3.8) is 0 Å². The topological polar surface area (TPSA) is 87.9 Å². The van der Waals surface area contributed by atoms with Gasteiger partial charge in [0.25, 0.3) is 5.69 Å². The molecule has 3 aromatic carbocycles. The molecule has 2 atom stereocenters. The highest BCUT2D eigenvalue weighted by atomic mass is 16.6. The van der Waals surface area contributed by atoms with Crippen molar-refractivity contribution in [3.8, 4) is 5.75 Å². The highest BCUT2D eigenvalue weighted by Crippen LogP contribution is 2.38. The maximum atomic E-state index is 13.5. The number of nitrogens with zero attached hydrogens (tertiary/aromatic N) is 3. The molecule has 0 unspecified atom stereocenters. The van der Waals surface area contributed by atoms with Crippen LogP contribution in [0, 0.1) is 23.0 Å². The first-order valence-electron chi connectivity index (χ1n) is 12.7. The van der Waals surface area contributed by atoms with Crippen molar-refractivity contribution < 1.29 is 14.5 Å². The van der Waals surface area contributed by atoms with Crippen molar-refractivity contribution in [2.24, 2.45) is 5.92 Å². The van der Waals surface area contributed by atoms with Crippen LogP contribution >= 0.6 is 0 Å². The number of nitrogens with one attached hydrogen (secondary N) is 1. The van der Waals surface area contributed by atoms with Crippen LogP contribution in [0.1, 0.15) is 16.7 Å². The van der Waals surface area contributed by atoms with Gasteiger partial charge in [-0.15, -0.1) is 0 Å². The minimum Gasteiger partial charge on any atom is -0.497 e. The smallest absolute Gasteiger partial charge is 0.269 e. The van der Waals surface area contributed by atoms with Gasteiger partial charge in [-0.05, 0) is 61.2 Å². The van der Waals surface area contributed by atoms with E-state index in [-0.39, 0.29) is 28.5 Å². The molecule has 5 rings (SSSR count). The van der Waals surface area contributed by atoms with E-state index in [1.54, 1.807) is 19.2 Å². The Morgan fingerprint density at radius 2 is 1.84 bits per heavy atom. The SMILES string of the molecule is COc1ccc(CCNC(=O)[C@H]2Cc3cc([N+](=O)[O-])ccc3N3CCN(c4ccc(C)cc4)C[C@H]23)cc1. The molecule has 0 aromatic heterocycles. The zero-order chi connectivity index (χ0) is 25.9. The lowest BCUT2D eigenvalue weighted by atomic mass is 9.83. The lowest BCUT2D eigenvalue weighted by Crippen LogP contribution is -2.61. The molecular weight excluding hydrogens is 468 g/mol. The Hall–Kier alpha value is -4.07. The molecule has 0 aliphatic carbocycles. The van der Waals surface area contributed by atoms with Crippen LogP contribution in [0.15, 0.2) is 66.7 Å². The average molecular weight is 501 g/mol. The first-order chi connectivity index (χ1) is 17.9. The van der Waals surface area contributed by atoms with Gasteiger partial charge in [0.2, 0.25) is 5.91 Å². The van der Waals surface area contributed by atoms with Crippen molar-refractivity contribution >= 4 is 23.0 Å². The van der Waals surface area contributed by atoms with Crippen LogP contribution in [0.3, 0.4) is 0 Å². The molecule has 0 radical (unpaired) electrons. The molecule has 37 heavy (non-hydrogen) atoms. The maximum Gasteiger partial charge on any atom is 0.269 e. The summed E-state index contributed by atoms with van der Waals surface area (Å²) in [6, 6.07) is 21.4. The van der Waals surface area contributed by atoms with E-state index in [2.05, 4.69) is 46.3 Å². The van der Waals surface area contributed by atoms with Crippen LogP contribution in [0.2, 0.25) is 0 Å². The normalized spacial score (nSPS) is 18.5. The number of amides is 1. The summed E-state index contributed by atoms with van der Waals surface area (Å²) in [5.74, 6) is 0.489. The maximum absolute atomic E-state index is 13.5. The molecule has 8 nitrogen and oxygen atoms in total. The molecule has 0 spiro atoms. The van der Waals surface area contributed by atoms with Crippen molar-refractivity contribution in [1.29, 1.82) is 0 Å². The summed E-state index contributed by atoms with van der Waals surface area (Å²) < 4.78 is 5.22. The third-order valence-corrected chi connectivity index (χ3v) is 7.51. The molecule has 2 heterocycles. The van der Waals surface area contributed by atoms with Crippen molar-refractivity contribution in [2.45, 2.75) is 25.8 Å². The molecule has 1 fully saturated rings. The second kappa shape index (κ2) is 10.5. The number of hydrogen-bond donors (Lipinski definition) is 1. The number of nitro benzene ring substituents is 1. The minimum atomic E-state index is -0.369. The number of hydrogen-bond acceptors (Lipinski definition) is 6. The van der Waals surface area contributed by atoms with E-state index in [0.717, 1.165) is 47.9 Å². The third-order valence-electron chi connectivity index (χ3n) is 7.51. The fourth-order valence-corrected chi connectivity index (χ4v) is 5.47. The second-order valence-corrected chi connectivity index (χ2v) is 9.81. The molecule has 2 aliphatic rings. The van der Waals surface area contributed by atoms with E-state index in [0.29, 0.717) is 19.4 Å². The van der Waals surface area contributed by atoms with E-state index in [1.165, 1.54) is 5.56 Å². The summed E-state index contributed by atoms with van der Waals surface area (Å²) in [4.78, 5) is 29.2. The van der Waals surface area contributed by atoms with Gasteiger partial charge < -0.3 is 19.9 Å². The summed E-state index contributed by atoms with van der Waals surface area (Å²) in [6.07, 6.45) is 1.20. The summed E-state index contributed by atoms with van der Waals surface area (Å²) >= 11 is 0. The standard InChI is InChI=1S/C29H32N4O4/c1-20-3-7-23(8-4-20)31-15-16-32-27-12-9-24(33(35)36)17-22(27)18-26(28(32)19-31)29(34)30-14-13-21-5-10-25(37-2)11-6-21/h3-12,17,26,28H,13-16,18-19H2,1-2H3,(H,30,34)/t26-,28+/m0/s1. The molecule has 1 amide bonds. The van der Waals surface area contributed by atoms with Gasteiger partial charge in [-0.2, -0.15) is 0 Å². The monoisotopic (exact) mass is 500 g/mol. The van der Waals surface area contributed by atoms with Gasteiger partial charge in [0.15, 0.2) is 0 Å². The van der Waals surface area contributed by atoms with Crippen LogP contribution < -0.4 is 19.9 Å².